The Hall–Kier alpha value is -0.570. The Morgan fingerprint density at radius 3 is 2.55 bits per heavy atom. The van der Waals surface area contributed by atoms with Crippen molar-refractivity contribution in [2.24, 2.45) is 0 Å². The van der Waals surface area contributed by atoms with Crippen LogP contribution >= 0.6 is 0 Å². The van der Waals surface area contributed by atoms with Gasteiger partial charge in [-0.2, -0.15) is 0 Å². The molecule has 1 rings (SSSR count). The van der Waals surface area contributed by atoms with Crippen LogP contribution in [-0.4, -0.2) is 24.0 Å². The van der Waals surface area contributed by atoms with Gasteiger partial charge in [0, 0.05) is 19.5 Å². The summed E-state index contributed by atoms with van der Waals surface area (Å²) in [7, 11) is 0. The molecule has 0 bridgehead atoms. The van der Waals surface area contributed by atoms with E-state index >= 15 is 0 Å². The predicted octanol–water partition coefficient (Wildman–Crippen LogP) is 0.913. The summed E-state index contributed by atoms with van der Waals surface area (Å²) in [6.07, 6.45) is 4.31. The molecule has 1 saturated heterocycles. The second kappa shape index (κ2) is 4.34. The van der Waals surface area contributed by atoms with E-state index < -0.39 is 0 Å². The van der Waals surface area contributed by atoms with Gasteiger partial charge in [0.05, 0.1) is 0 Å². The van der Waals surface area contributed by atoms with E-state index in [1.807, 2.05) is 11.9 Å². The number of hydrogen-bond donors (Lipinski definition) is 1. The minimum Gasteiger partial charge on any atom is -0.289 e. The minimum atomic E-state index is 0.131. The molecule has 1 aliphatic heterocycles. The maximum Gasteiger partial charge on any atom is 0.233 e. The number of piperidine rings is 1. The molecule has 0 radical (unpaired) electrons. The molecule has 11 heavy (non-hydrogen) atoms. The van der Waals surface area contributed by atoms with E-state index in [0.717, 1.165) is 13.1 Å². The highest BCUT2D eigenvalue weighted by Crippen LogP contribution is 2.05. The first-order valence-electron chi connectivity index (χ1n) is 4.37. The number of hydrazine groups is 1. The first-order valence-corrected chi connectivity index (χ1v) is 4.37. The highest BCUT2D eigenvalue weighted by molar-refractivity contribution is 5.74. The Labute approximate surface area is 67.7 Å². The fourth-order valence-electron chi connectivity index (χ4n) is 1.26. The van der Waals surface area contributed by atoms with Crippen molar-refractivity contribution in [1.82, 2.24) is 10.4 Å². The average Bonchev–Trinajstić information content (AvgIpc) is 2.06. The molecule has 0 unspecified atom stereocenters. The molecule has 1 aliphatic rings. The third-order valence-corrected chi connectivity index (χ3v) is 1.96. The smallest absolute Gasteiger partial charge is 0.233 e. The second-order valence-corrected chi connectivity index (χ2v) is 2.94. The van der Waals surface area contributed by atoms with Gasteiger partial charge in [0.25, 0.3) is 0 Å². The van der Waals surface area contributed by atoms with E-state index in [0.29, 0.717) is 6.42 Å². The van der Waals surface area contributed by atoms with Gasteiger partial charge in [-0.1, -0.05) is 13.3 Å². The van der Waals surface area contributed by atoms with E-state index in [2.05, 4.69) is 5.43 Å². The first kappa shape index (κ1) is 8.53. The quantitative estimate of drug-likeness (QED) is 0.644. The molecular weight excluding hydrogens is 140 g/mol. The molecule has 1 fully saturated rings. The van der Waals surface area contributed by atoms with Crippen LogP contribution in [0.2, 0.25) is 0 Å². The van der Waals surface area contributed by atoms with Crippen LogP contribution in [-0.2, 0) is 4.79 Å². The number of carbonyl (C=O) groups excluding carboxylic acids is 1. The number of rotatable bonds is 2. The van der Waals surface area contributed by atoms with E-state index in [1.54, 1.807) is 0 Å². The molecule has 1 heterocycles. The summed E-state index contributed by atoms with van der Waals surface area (Å²) < 4.78 is 0. The lowest BCUT2D eigenvalue weighted by molar-refractivity contribution is -0.126. The van der Waals surface area contributed by atoms with Crippen molar-refractivity contribution < 1.29 is 4.79 Å². The number of hydrogen-bond acceptors (Lipinski definition) is 2. The monoisotopic (exact) mass is 156 g/mol. The topological polar surface area (TPSA) is 32.3 Å². The molecule has 64 valence electrons. The molecule has 3 nitrogen and oxygen atoms in total. The normalized spacial score (nSPS) is 19.7. The van der Waals surface area contributed by atoms with Crippen LogP contribution in [0.25, 0.3) is 0 Å². The molecule has 0 aromatic rings. The Bertz CT molecular complexity index is 130. The van der Waals surface area contributed by atoms with E-state index in [1.165, 1.54) is 19.3 Å². The molecule has 0 aromatic heterocycles. The maximum absolute atomic E-state index is 10.9. The van der Waals surface area contributed by atoms with Gasteiger partial charge in [-0.05, 0) is 12.8 Å². The molecule has 0 saturated carbocycles. The van der Waals surface area contributed by atoms with Crippen molar-refractivity contribution in [3.63, 3.8) is 0 Å². The van der Waals surface area contributed by atoms with Gasteiger partial charge in [0.2, 0.25) is 5.91 Å². The van der Waals surface area contributed by atoms with Crippen molar-refractivity contribution in [2.75, 3.05) is 13.1 Å². The Morgan fingerprint density at radius 1 is 1.36 bits per heavy atom. The van der Waals surface area contributed by atoms with Gasteiger partial charge in [-0.15, -0.1) is 0 Å². The molecular formula is C8H16N2O. The van der Waals surface area contributed by atoms with E-state index in [4.69, 9.17) is 0 Å². The number of nitrogens with one attached hydrogen (secondary N) is 1. The number of amides is 1. The summed E-state index contributed by atoms with van der Waals surface area (Å²) in [6, 6.07) is 0. The van der Waals surface area contributed by atoms with Crippen LogP contribution in [0.1, 0.15) is 32.6 Å². The summed E-state index contributed by atoms with van der Waals surface area (Å²) in [5.74, 6) is 0.131. The Kier molecular flexibility index (Phi) is 3.36. The minimum absolute atomic E-state index is 0.131. The largest absolute Gasteiger partial charge is 0.289 e. The molecule has 0 aromatic carbocycles. The van der Waals surface area contributed by atoms with Crippen LogP contribution in [0.5, 0.6) is 0 Å². The van der Waals surface area contributed by atoms with Crippen molar-refractivity contribution in [1.29, 1.82) is 0 Å². The van der Waals surface area contributed by atoms with Crippen LogP contribution in [0.4, 0.5) is 0 Å². The van der Waals surface area contributed by atoms with Crippen LogP contribution in [0.15, 0.2) is 0 Å². The fraction of sp³-hybridized carbons (Fsp3) is 0.875. The maximum atomic E-state index is 10.9. The average molecular weight is 156 g/mol. The standard InChI is InChI=1S/C8H16N2O/c1-2-8(11)9-10-6-4-3-5-7-10/h2-7H2,1H3,(H,9,11). The third-order valence-electron chi connectivity index (χ3n) is 1.96. The van der Waals surface area contributed by atoms with Gasteiger partial charge >= 0.3 is 0 Å². The lowest BCUT2D eigenvalue weighted by Crippen LogP contribution is -2.44. The molecule has 1 amide bonds. The Balaban J connectivity index is 2.19. The summed E-state index contributed by atoms with van der Waals surface area (Å²) in [4.78, 5) is 10.9. The fourth-order valence-corrected chi connectivity index (χ4v) is 1.26. The van der Waals surface area contributed by atoms with E-state index in [9.17, 15) is 4.79 Å². The van der Waals surface area contributed by atoms with Gasteiger partial charge in [0.1, 0.15) is 0 Å². The summed E-state index contributed by atoms with van der Waals surface area (Å²) >= 11 is 0. The molecule has 0 spiro atoms. The van der Waals surface area contributed by atoms with E-state index in [-0.39, 0.29) is 5.91 Å². The van der Waals surface area contributed by atoms with Crippen molar-refractivity contribution in [3.05, 3.63) is 0 Å². The predicted molar refractivity (Wildman–Crippen MR) is 43.9 cm³/mol. The highest BCUT2D eigenvalue weighted by atomic mass is 16.2. The third kappa shape index (κ3) is 2.89. The van der Waals surface area contributed by atoms with Gasteiger partial charge in [-0.25, -0.2) is 5.01 Å². The zero-order valence-corrected chi connectivity index (χ0v) is 7.10. The molecule has 3 heteroatoms. The van der Waals surface area contributed by atoms with Gasteiger partial charge < -0.3 is 0 Å². The lowest BCUT2D eigenvalue weighted by atomic mass is 10.2. The molecule has 0 atom stereocenters. The van der Waals surface area contributed by atoms with Gasteiger partial charge in [0.15, 0.2) is 0 Å². The summed E-state index contributed by atoms with van der Waals surface area (Å²) in [5.41, 5.74) is 2.86. The first-order chi connectivity index (χ1) is 5.33. The SMILES string of the molecule is CCC(=O)NN1CCCCC1. The Morgan fingerprint density at radius 2 is 2.00 bits per heavy atom. The molecule has 1 N–H and O–H groups in total. The van der Waals surface area contributed by atoms with Crippen LogP contribution in [0, 0.1) is 0 Å². The summed E-state index contributed by atoms with van der Waals surface area (Å²) in [6.45, 7) is 3.91. The lowest BCUT2D eigenvalue weighted by Gasteiger charge is -2.26. The zero-order chi connectivity index (χ0) is 8.10. The summed E-state index contributed by atoms with van der Waals surface area (Å²) in [5, 5.41) is 2.02. The number of nitrogens with zero attached hydrogens (tertiary/aromatic N) is 1. The highest BCUT2D eigenvalue weighted by Gasteiger charge is 2.10. The van der Waals surface area contributed by atoms with Crippen molar-refractivity contribution >= 4 is 5.91 Å². The van der Waals surface area contributed by atoms with Crippen LogP contribution < -0.4 is 5.43 Å². The van der Waals surface area contributed by atoms with Gasteiger partial charge in [-0.3, -0.25) is 10.2 Å². The second-order valence-electron chi connectivity index (χ2n) is 2.94. The number of carbonyl (C=O) groups is 1. The van der Waals surface area contributed by atoms with Crippen molar-refractivity contribution in [3.8, 4) is 0 Å². The zero-order valence-electron chi connectivity index (χ0n) is 7.10. The van der Waals surface area contributed by atoms with Crippen molar-refractivity contribution in [2.45, 2.75) is 32.6 Å². The molecule has 0 aliphatic carbocycles. The van der Waals surface area contributed by atoms with Crippen LogP contribution in [0.3, 0.4) is 0 Å².